The van der Waals surface area contributed by atoms with E-state index < -0.39 is 0 Å². The van der Waals surface area contributed by atoms with Crippen LogP contribution in [-0.2, 0) is 0 Å². The second kappa shape index (κ2) is 4.57. The van der Waals surface area contributed by atoms with E-state index in [2.05, 4.69) is 4.98 Å². The first-order valence-electron chi connectivity index (χ1n) is 5.80. The minimum absolute atomic E-state index is 0.276. The Labute approximate surface area is 109 Å². The molecule has 0 bridgehead atoms. The number of anilines is 1. The van der Waals surface area contributed by atoms with Gasteiger partial charge in [0.1, 0.15) is 5.82 Å². The number of nitrogen functional groups attached to an aromatic ring is 1. The van der Waals surface area contributed by atoms with Crippen LogP contribution in [0.5, 0.6) is 0 Å². The van der Waals surface area contributed by atoms with Gasteiger partial charge in [0, 0.05) is 16.8 Å². The number of rotatable bonds is 2. The Morgan fingerprint density at radius 1 is 0.895 bits per heavy atom. The van der Waals surface area contributed by atoms with Gasteiger partial charge in [-0.3, -0.25) is 0 Å². The fourth-order valence-electron chi connectivity index (χ4n) is 1.78. The van der Waals surface area contributed by atoms with Crippen LogP contribution in [0.15, 0.2) is 59.1 Å². The first-order chi connectivity index (χ1) is 9.22. The number of aromatic nitrogens is 1. The number of oxazole rings is 1. The molecule has 0 saturated carbocycles. The van der Waals surface area contributed by atoms with E-state index in [4.69, 9.17) is 10.2 Å². The Morgan fingerprint density at radius 3 is 2.21 bits per heavy atom. The lowest BCUT2D eigenvalue weighted by Crippen LogP contribution is -1.83. The van der Waals surface area contributed by atoms with Crippen molar-refractivity contribution < 1.29 is 8.81 Å². The van der Waals surface area contributed by atoms with E-state index >= 15 is 0 Å². The molecule has 3 nitrogen and oxygen atoms in total. The van der Waals surface area contributed by atoms with Crippen LogP contribution < -0.4 is 5.73 Å². The SMILES string of the molecule is Nc1ccc(-c2ncc(-c3ccc(F)cc3)o2)cc1. The second-order valence-corrected chi connectivity index (χ2v) is 4.16. The minimum Gasteiger partial charge on any atom is -0.436 e. The average Bonchev–Trinajstić information content (AvgIpc) is 2.90. The van der Waals surface area contributed by atoms with E-state index in [-0.39, 0.29) is 5.82 Å². The van der Waals surface area contributed by atoms with Crippen LogP contribution in [0.4, 0.5) is 10.1 Å². The van der Waals surface area contributed by atoms with Crippen LogP contribution in [0, 0.1) is 5.82 Å². The molecule has 0 spiro atoms. The van der Waals surface area contributed by atoms with E-state index in [1.54, 1.807) is 30.5 Å². The summed E-state index contributed by atoms with van der Waals surface area (Å²) < 4.78 is 18.5. The molecule has 0 atom stereocenters. The third kappa shape index (κ3) is 2.33. The Morgan fingerprint density at radius 2 is 1.53 bits per heavy atom. The third-order valence-corrected chi connectivity index (χ3v) is 2.79. The maximum absolute atomic E-state index is 12.9. The molecule has 4 heteroatoms. The van der Waals surface area contributed by atoms with Crippen LogP contribution in [0.3, 0.4) is 0 Å². The van der Waals surface area contributed by atoms with E-state index in [1.165, 1.54) is 12.1 Å². The fraction of sp³-hybridized carbons (Fsp3) is 0. The molecule has 1 aromatic heterocycles. The number of nitrogens with zero attached hydrogens (tertiary/aromatic N) is 1. The lowest BCUT2D eigenvalue weighted by Gasteiger charge is -1.97. The van der Waals surface area contributed by atoms with Crippen molar-refractivity contribution in [3.05, 3.63) is 60.5 Å². The first-order valence-corrected chi connectivity index (χ1v) is 5.80. The molecule has 3 aromatic rings. The van der Waals surface area contributed by atoms with Crippen molar-refractivity contribution in [2.75, 3.05) is 5.73 Å². The summed E-state index contributed by atoms with van der Waals surface area (Å²) in [5, 5.41) is 0. The standard InChI is InChI=1S/C15H11FN2O/c16-12-5-1-10(2-6-12)14-9-18-15(19-14)11-3-7-13(17)8-4-11/h1-9H,17H2. The van der Waals surface area contributed by atoms with Gasteiger partial charge in [-0.25, -0.2) is 9.37 Å². The van der Waals surface area contributed by atoms with Gasteiger partial charge in [-0.05, 0) is 48.5 Å². The third-order valence-electron chi connectivity index (χ3n) is 2.79. The van der Waals surface area contributed by atoms with Crippen LogP contribution in [0.2, 0.25) is 0 Å². The molecule has 94 valence electrons. The Balaban J connectivity index is 1.95. The van der Waals surface area contributed by atoms with Gasteiger partial charge in [-0.2, -0.15) is 0 Å². The zero-order valence-corrected chi connectivity index (χ0v) is 10.0. The highest BCUT2D eigenvalue weighted by atomic mass is 19.1. The molecule has 1 heterocycles. The molecular formula is C15H11FN2O. The van der Waals surface area contributed by atoms with Crippen molar-refractivity contribution in [2.24, 2.45) is 0 Å². The molecule has 0 aliphatic rings. The van der Waals surface area contributed by atoms with Gasteiger partial charge in [0.15, 0.2) is 5.76 Å². The molecule has 0 saturated heterocycles. The van der Waals surface area contributed by atoms with E-state index in [0.29, 0.717) is 17.3 Å². The van der Waals surface area contributed by atoms with Gasteiger partial charge in [0.05, 0.1) is 6.20 Å². The lowest BCUT2D eigenvalue weighted by atomic mass is 10.2. The predicted molar refractivity (Wildman–Crippen MR) is 71.7 cm³/mol. The van der Waals surface area contributed by atoms with E-state index in [0.717, 1.165) is 11.1 Å². The molecule has 3 rings (SSSR count). The molecule has 0 aliphatic carbocycles. The molecule has 0 amide bonds. The normalized spacial score (nSPS) is 10.6. The van der Waals surface area contributed by atoms with Crippen molar-refractivity contribution in [3.63, 3.8) is 0 Å². The smallest absolute Gasteiger partial charge is 0.226 e. The summed E-state index contributed by atoms with van der Waals surface area (Å²) in [6.45, 7) is 0. The molecule has 0 radical (unpaired) electrons. The summed E-state index contributed by atoms with van der Waals surface area (Å²) >= 11 is 0. The monoisotopic (exact) mass is 254 g/mol. The molecule has 19 heavy (non-hydrogen) atoms. The largest absolute Gasteiger partial charge is 0.436 e. The molecule has 0 fully saturated rings. The second-order valence-electron chi connectivity index (χ2n) is 4.16. The fourth-order valence-corrected chi connectivity index (χ4v) is 1.78. The summed E-state index contributed by atoms with van der Waals surface area (Å²) in [7, 11) is 0. The van der Waals surface area contributed by atoms with Gasteiger partial charge in [-0.1, -0.05) is 0 Å². The maximum Gasteiger partial charge on any atom is 0.226 e. The van der Waals surface area contributed by atoms with Crippen molar-refractivity contribution >= 4 is 5.69 Å². The highest BCUT2D eigenvalue weighted by molar-refractivity contribution is 5.62. The van der Waals surface area contributed by atoms with Crippen LogP contribution in [0.1, 0.15) is 0 Å². The predicted octanol–water partition coefficient (Wildman–Crippen LogP) is 3.73. The highest BCUT2D eigenvalue weighted by Crippen LogP contribution is 2.26. The molecule has 2 aromatic carbocycles. The summed E-state index contributed by atoms with van der Waals surface area (Å²) in [6.07, 6.45) is 1.62. The number of benzene rings is 2. The highest BCUT2D eigenvalue weighted by Gasteiger charge is 2.08. The molecule has 0 unspecified atom stereocenters. The summed E-state index contributed by atoms with van der Waals surface area (Å²) in [4.78, 5) is 4.21. The van der Waals surface area contributed by atoms with Crippen molar-refractivity contribution in [1.82, 2.24) is 4.98 Å². The van der Waals surface area contributed by atoms with Crippen LogP contribution in [0.25, 0.3) is 22.8 Å². The summed E-state index contributed by atoms with van der Waals surface area (Å²) in [6, 6.07) is 13.4. The minimum atomic E-state index is -0.276. The van der Waals surface area contributed by atoms with E-state index in [1.807, 2.05) is 12.1 Å². The lowest BCUT2D eigenvalue weighted by molar-refractivity contribution is 0.588. The van der Waals surface area contributed by atoms with E-state index in [9.17, 15) is 4.39 Å². The summed E-state index contributed by atoms with van der Waals surface area (Å²) in [5.41, 5.74) is 7.95. The molecular weight excluding hydrogens is 243 g/mol. The quantitative estimate of drug-likeness (QED) is 0.709. The molecule has 2 N–H and O–H groups in total. The van der Waals surface area contributed by atoms with Crippen molar-refractivity contribution in [2.45, 2.75) is 0 Å². The van der Waals surface area contributed by atoms with Crippen LogP contribution in [-0.4, -0.2) is 4.98 Å². The number of hydrogen-bond donors (Lipinski definition) is 1. The average molecular weight is 254 g/mol. The van der Waals surface area contributed by atoms with Crippen molar-refractivity contribution in [3.8, 4) is 22.8 Å². The van der Waals surface area contributed by atoms with Crippen molar-refractivity contribution in [1.29, 1.82) is 0 Å². The number of halogens is 1. The zero-order chi connectivity index (χ0) is 13.2. The summed E-state index contributed by atoms with van der Waals surface area (Å²) in [5.74, 6) is 0.841. The van der Waals surface area contributed by atoms with Crippen LogP contribution >= 0.6 is 0 Å². The zero-order valence-electron chi connectivity index (χ0n) is 10.0. The molecule has 0 aliphatic heterocycles. The number of nitrogens with two attached hydrogens (primary N) is 1. The Hall–Kier alpha value is -2.62. The Kier molecular flexibility index (Phi) is 2.76. The number of hydrogen-bond acceptors (Lipinski definition) is 3. The van der Waals surface area contributed by atoms with Gasteiger partial charge < -0.3 is 10.2 Å². The van der Waals surface area contributed by atoms with Gasteiger partial charge in [0.25, 0.3) is 0 Å². The Bertz CT molecular complexity index is 627. The first kappa shape index (κ1) is 11.5. The topological polar surface area (TPSA) is 52.0 Å². The van der Waals surface area contributed by atoms with Gasteiger partial charge >= 0.3 is 0 Å². The van der Waals surface area contributed by atoms with Gasteiger partial charge in [0.2, 0.25) is 5.89 Å². The maximum atomic E-state index is 12.9. The van der Waals surface area contributed by atoms with Gasteiger partial charge in [-0.15, -0.1) is 0 Å².